The van der Waals surface area contributed by atoms with Gasteiger partial charge in [-0.2, -0.15) is 0 Å². The molecule has 5 heteroatoms. The first kappa shape index (κ1) is 14.6. The van der Waals surface area contributed by atoms with E-state index >= 15 is 0 Å². The molecule has 0 aromatic heterocycles. The highest BCUT2D eigenvalue weighted by molar-refractivity contribution is 14.1. The van der Waals surface area contributed by atoms with Gasteiger partial charge in [0.1, 0.15) is 0 Å². The molecule has 0 spiro atoms. The molecule has 1 atom stereocenters. The van der Waals surface area contributed by atoms with Crippen LogP contribution in [0.3, 0.4) is 0 Å². The van der Waals surface area contributed by atoms with Crippen LogP contribution in [0.25, 0.3) is 0 Å². The number of nitrogens with one attached hydrogen (secondary N) is 1. The van der Waals surface area contributed by atoms with Crippen LogP contribution in [-0.4, -0.2) is 36.9 Å². The number of sulfone groups is 1. The first-order valence-electron chi connectivity index (χ1n) is 4.92. The van der Waals surface area contributed by atoms with E-state index in [1.807, 2.05) is 0 Å². The highest BCUT2D eigenvalue weighted by Gasteiger charge is 2.12. The van der Waals surface area contributed by atoms with Crippen molar-refractivity contribution in [2.24, 2.45) is 5.92 Å². The SMILES string of the molecule is CCS(=O)(=O)CCNC(CI)C(C)C. The zero-order chi connectivity index (χ0) is 11.2. The topological polar surface area (TPSA) is 46.2 Å². The second-order valence-electron chi connectivity index (χ2n) is 3.70. The van der Waals surface area contributed by atoms with Crippen LogP contribution >= 0.6 is 22.6 Å². The zero-order valence-electron chi connectivity index (χ0n) is 9.09. The van der Waals surface area contributed by atoms with Crippen molar-refractivity contribution in [2.75, 3.05) is 22.5 Å². The molecule has 0 fully saturated rings. The average molecular weight is 333 g/mol. The summed E-state index contributed by atoms with van der Waals surface area (Å²) < 4.78 is 23.4. The van der Waals surface area contributed by atoms with Crippen molar-refractivity contribution in [1.29, 1.82) is 0 Å². The molecule has 0 aliphatic heterocycles. The number of halogens is 1. The summed E-state index contributed by atoms with van der Waals surface area (Å²) in [6, 6.07) is 0.419. The fourth-order valence-electron chi connectivity index (χ4n) is 1.01. The van der Waals surface area contributed by atoms with Gasteiger partial charge in [0.05, 0.1) is 5.75 Å². The molecule has 0 heterocycles. The third kappa shape index (κ3) is 6.19. The molecule has 0 saturated heterocycles. The quantitative estimate of drug-likeness (QED) is 0.567. The summed E-state index contributed by atoms with van der Waals surface area (Å²) in [5.74, 6) is 1.05. The van der Waals surface area contributed by atoms with Gasteiger partial charge in [0.25, 0.3) is 0 Å². The molecule has 0 aliphatic carbocycles. The van der Waals surface area contributed by atoms with Crippen LogP contribution in [0.15, 0.2) is 0 Å². The lowest BCUT2D eigenvalue weighted by Crippen LogP contribution is -2.38. The number of rotatable bonds is 7. The lowest BCUT2D eigenvalue weighted by molar-refractivity contribution is 0.447. The number of alkyl halides is 1. The van der Waals surface area contributed by atoms with E-state index in [1.54, 1.807) is 6.92 Å². The van der Waals surface area contributed by atoms with Crippen LogP contribution in [0.1, 0.15) is 20.8 Å². The fourth-order valence-corrected chi connectivity index (χ4v) is 3.06. The summed E-state index contributed by atoms with van der Waals surface area (Å²) in [5, 5.41) is 3.27. The molecule has 3 nitrogen and oxygen atoms in total. The van der Waals surface area contributed by atoms with Crippen molar-refractivity contribution in [3.05, 3.63) is 0 Å². The Morgan fingerprint density at radius 1 is 1.36 bits per heavy atom. The van der Waals surface area contributed by atoms with Gasteiger partial charge < -0.3 is 5.32 Å². The van der Waals surface area contributed by atoms with Gasteiger partial charge in [0, 0.05) is 22.8 Å². The maximum atomic E-state index is 11.2. The molecule has 14 heavy (non-hydrogen) atoms. The standard InChI is InChI=1S/C9H20INO2S/c1-4-14(12,13)6-5-11-9(7-10)8(2)3/h8-9,11H,4-7H2,1-3H3. The van der Waals surface area contributed by atoms with Crippen LogP contribution in [0.4, 0.5) is 0 Å². The Morgan fingerprint density at radius 3 is 2.29 bits per heavy atom. The molecule has 0 aromatic carbocycles. The molecule has 0 aliphatic rings. The maximum Gasteiger partial charge on any atom is 0.151 e. The smallest absolute Gasteiger partial charge is 0.151 e. The zero-order valence-corrected chi connectivity index (χ0v) is 12.1. The number of hydrogen-bond donors (Lipinski definition) is 1. The van der Waals surface area contributed by atoms with Crippen molar-refractivity contribution in [2.45, 2.75) is 26.8 Å². The van der Waals surface area contributed by atoms with E-state index in [4.69, 9.17) is 0 Å². The summed E-state index contributed by atoms with van der Waals surface area (Å²) in [4.78, 5) is 0. The molecule has 86 valence electrons. The Morgan fingerprint density at radius 2 is 1.93 bits per heavy atom. The summed E-state index contributed by atoms with van der Waals surface area (Å²) in [6.07, 6.45) is 0. The lowest BCUT2D eigenvalue weighted by atomic mass is 10.1. The van der Waals surface area contributed by atoms with E-state index in [0.717, 1.165) is 4.43 Å². The third-order valence-corrected chi connectivity index (χ3v) is 4.89. The van der Waals surface area contributed by atoms with E-state index in [-0.39, 0.29) is 11.5 Å². The molecule has 0 saturated carbocycles. The molecule has 1 unspecified atom stereocenters. The van der Waals surface area contributed by atoms with E-state index in [2.05, 4.69) is 41.8 Å². The molecule has 1 N–H and O–H groups in total. The van der Waals surface area contributed by atoms with E-state index in [0.29, 0.717) is 18.5 Å². The van der Waals surface area contributed by atoms with Crippen molar-refractivity contribution < 1.29 is 8.42 Å². The van der Waals surface area contributed by atoms with Gasteiger partial charge in [-0.1, -0.05) is 43.4 Å². The molecule has 0 rings (SSSR count). The van der Waals surface area contributed by atoms with Gasteiger partial charge in [0.2, 0.25) is 0 Å². The molecule has 0 aromatic rings. The minimum absolute atomic E-state index is 0.241. The monoisotopic (exact) mass is 333 g/mol. The number of hydrogen-bond acceptors (Lipinski definition) is 3. The molecular formula is C9H20INO2S. The Labute approximate surface area is 101 Å². The van der Waals surface area contributed by atoms with Crippen molar-refractivity contribution in [3.63, 3.8) is 0 Å². The Hall–Kier alpha value is 0.640. The van der Waals surface area contributed by atoms with E-state index in [9.17, 15) is 8.42 Å². The van der Waals surface area contributed by atoms with Crippen LogP contribution in [0.2, 0.25) is 0 Å². The third-order valence-electron chi connectivity index (χ3n) is 2.23. The van der Waals surface area contributed by atoms with Crippen molar-refractivity contribution >= 4 is 32.4 Å². The maximum absolute atomic E-state index is 11.2. The van der Waals surface area contributed by atoms with Gasteiger partial charge in [0.15, 0.2) is 9.84 Å². The van der Waals surface area contributed by atoms with E-state index < -0.39 is 9.84 Å². The van der Waals surface area contributed by atoms with Crippen LogP contribution < -0.4 is 5.32 Å². The molecule has 0 bridgehead atoms. The summed E-state index contributed by atoms with van der Waals surface area (Å²) in [5.41, 5.74) is 0. The largest absolute Gasteiger partial charge is 0.312 e. The first-order valence-corrected chi connectivity index (χ1v) is 8.27. The van der Waals surface area contributed by atoms with Gasteiger partial charge >= 0.3 is 0 Å². The Balaban J connectivity index is 3.83. The van der Waals surface area contributed by atoms with Gasteiger partial charge in [-0.3, -0.25) is 0 Å². The van der Waals surface area contributed by atoms with Gasteiger partial charge in [-0.05, 0) is 5.92 Å². The Kier molecular flexibility index (Phi) is 7.32. The lowest BCUT2D eigenvalue weighted by Gasteiger charge is -2.19. The highest BCUT2D eigenvalue weighted by Crippen LogP contribution is 2.04. The van der Waals surface area contributed by atoms with Crippen LogP contribution in [-0.2, 0) is 9.84 Å². The first-order chi connectivity index (χ1) is 6.43. The molecular weight excluding hydrogens is 313 g/mol. The minimum Gasteiger partial charge on any atom is -0.312 e. The van der Waals surface area contributed by atoms with Gasteiger partial charge in [-0.15, -0.1) is 0 Å². The minimum atomic E-state index is -2.81. The summed E-state index contributed by atoms with van der Waals surface area (Å²) >= 11 is 2.32. The predicted octanol–water partition coefficient (Wildman–Crippen LogP) is 1.47. The van der Waals surface area contributed by atoms with E-state index in [1.165, 1.54) is 0 Å². The average Bonchev–Trinajstić information content (AvgIpc) is 2.12. The molecule has 0 radical (unpaired) electrons. The van der Waals surface area contributed by atoms with Crippen molar-refractivity contribution in [3.8, 4) is 0 Å². The predicted molar refractivity (Wildman–Crippen MR) is 69.8 cm³/mol. The fraction of sp³-hybridized carbons (Fsp3) is 1.00. The summed E-state index contributed by atoms with van der Waals surface area (Å²) in [6.45, 7) is 6.55. The molecule has 0 amide bonds. The second kappa shape index (κ2) is 7.00. The Bertz CT molecular complexity index is 239. The van der Waals surface area contributed by atoms with Crippen molar-refractivity contribution in [1.82, 2.24) is 5.32 Å². The van der Waals surface area contributed by atoms with Crippen LogP contribution in [0.5, 0.6) is 0 Å². The van der Waals surface area contributed by atoms with Gasteiger partial charge in [-0.25, -0.2) is 8.42 Å². The highest BCUT2D eigenvalue weighted by atomic mass is 127. The normalized spacial score (nSPS) is 14.6. The van der Waals surface area contributed by atoms with Crippen LogP contribution in [0, 0.1) is 5.92 Å². The second-order valence-corrected chi connectivity index (χ2v) is 7.05. The summed E-state index contributed by atoms with van der Waals surface area (Å²) in [7, 11) is -2.81.